The fourth-order valence-electron chi connectivity index (χ4n) is 1.93. The maximum absolute atomic E-state index is 9.17. The van der Waals surface area contributed by atoms with E-state index in [0.717, 1.165) is 10.4 Å². The van der Waals surface area contributed by atoms with Gasteiger partial charge in [0.15, 0.2) is 0 Å². The van der Waals surface area contributed by atoms with Crippen LogP contribution in [0.25, 0.3) is 12.2 Å². The van der Waals surface area contributed by atoms with E-state index >= 15 is 0 Å². The van der Waals surface area contributed by atoms with Crippen molar-refractivity contribution in [3.8, 4) is 6.07 Å². The Balaban J connectivity index is 1.71. The van der Waals surface area contributed by atoms with Crippen molar-refractivity contribution in [2.75, 3.05) is 5.32 Å². The zero-order chi connectivity index (χ0) is 16.1. The molecule has 6 heteroatoms. The highest BCUT2D eigenvalue weighted by Crippen LogP contribution is 2.20. The van der Waals surface area contributed by atoms with Crippen molar-refractivity contribution in [1.82, 2.24) is 4.98 Å². The molecule has 0 amide bonds. The van der Waals surface area contributed by atoms with Crippen molar-refractivity contribution < 1.29 is 4.42 Å². The van der Waals surface area contributed by atoms with Crippen LogP contribution in [-0.4, -0.2) is 4.98 Å². The monoisotopic (exact) mass is 341 g/mol. The SMILES string of the molecule is N#Cc1nc(C=Cc2cccs2)oc1NCc1ccc(Cl)cc1. The Kier molecular flexibility index (Phi) is 4.77. The second-order valence-corrected chi connectivity index (χ2v) is 6.09. The molecule has 0 saturated carbocycles. The maximum Gasteiger partial charge on any atom is 0.232 e. The molecule has 0 aliphatic heterocycles. The van der Waals surface area contributed by atoms with E-state index in [4.69, 9.17) is 21.3 Å². The number of nitriles is 1. The Labute approximate surface area is 142 Å². The molecule has 23 heavy (non-hydrogen) atoms. The summed E-state index contributed by atoms with van der Waals surface area (Å²) in [6.45, 7) is 0.523. The third kappa shape index (κ3) is 4.01. The number of thiophene rings is 1. The molecule has 0 fully saturated rings. The van der Waals surface area contributed by atoms with Crippen LogP contribution >= 0.6 is 22.9 Å². The van der Waals surface area contributed by atoms with Crippen LogP contribution in [0.3, 0.4) is 0 Å². The maximum atomic E-state index is 9.17. The topological polar surface area (TPSA) is 61.9 Å². The second kappa shape index (κ2) is 7.14. The lowest BCUT2D eigenvalue weighted by Gasteiger charge is -2.03. The van der Waals surface area contributed by atoms with Crippen molar-refractivity contribution in [2.45, 2.75) is 6.54 Å². The van der Waals surface area contributed by atoms with E-state index in [1.165, 1.54) is 0 Å². The minimum atomic E-state index is 0.241. The fourth-order valence-corrected chi connectivity index (χ4v) is 2.67. The predicted octanol–water partition coefficient (Wildman–Crippen LogP) is 5.04. The Bertz CT molecular complexity index is 845. The molecule has 4 nitrogen and oxygen atoms in total. The van der Waals surface area contributed by atoms with E-state index in [2.05, 4.69) is 10.3 Å². The predicted molar refractivity (Wildman–Crippen MR) is 93.2 cm³/mol. The number of nitrogens with one attached hydrogen (secondary N) is 1. The van der Waals surface area contributed by atoms with Gasteiger partial charge in [0.2, 0.25) is 17.5 Å². The van der Waals surface area contributed by atoms with E-state index < -0.39 is 0 Å². The number of hydrogen-bond acceptors (Lipinski definition) is 5. The first-order chi connectivity index (χ1) is 11.2. The number of nitrogens with zero attached hydrogens (tertiary/aromatic N) is 2. The quantitative estimate of drug-likeness (QED) is 0.705. The van der Waals surface area contributed by atoms with Gasteiger partial charge in [-0.1, -0.05) is 29.8 Å². The number of aromatic nitrogens is 1. The van der Waals surface area contributed by atoms with E-state index in [0.29, 0.717) is 23.3 Å². The van der Waals surface area contributed by atoms with Gasteiger partial charge in [-0.3, -0.25) is 0 Å². The first kappa shape index (κ1) is 15.3. The van der Waals surface area contributed by atoms with Crippen molar-refractivity contribution in [2.24, 2.45) is 0 Å². The molecule has 0 atom stereocenters. The highest BCUT2D eigenvalue weighted by atomic mass is 35.5. The molecule has 0 aliphatic rings. The summed E-state index contributed by atoms with van der Waals surface area (Å²) in [6, 6.07) is 13.5. The van der Waals surface area contributed by atoms with E-state index in [1.807, 2.05) is 53.9 Å². The second-order valence-electron chi connectivity index (χ2n) is 4.67. The van der Waals surface area contributed by atoms with Gasteiger partial charge in [0.25, 0.3) is 0 Å². The molecule has 3 rings (SSSR count). The summed E-state index contributed by atoms with van der Waals surface area (Å²) in [6.07, 6.45) is 3.65. The van der Waals surface area contributed by atoms with Gasteiger partial charge in [0.05, 0.1) is 0 Å². The standard InChI is InChI=1S/C17H12ClN3OS/c18-13-5-3-12(4-6-13)11-20-17-15(10-19)21-16(22-17)8-7-14-2-1-9-23-14/h1-9,20H,11H2. The molecule has 2 heterocycles. The summed E-state index contributed by atoms with van der Waals surface area (Å²) in [5, 5.41) is 14.9. The van der Waals surface area contributed by atoms with Gasteiger partial charge in [-0.25, -0.2) is 0 Å². The van der Waals surface area contributed by atoms with Gasteiger partial charge in [-0.15, -0.1) is 11.3 Å². The van der Waals surface area contributed by atoms with Crippen molar-refractivity contribution in [1.29, 1.82) is 5.26 Å². The Hall–Kier alpha value is -2.55. The Morgan fingerprint density at radius 3 is 2.78 bits per heavy atom. The third-order valence-electron chi connectivity index (χ3n) is 3.05. The largest absolute Gasteiger partial charge is 0.420 e. The molecule has 0 aliphatic carbocycles. The normalized spacial score (nSPS) is 10.8. The average Bonchev–Trinajstić information content (AvgIpc) is 3.21. The van der Waals surface area contributed by atoms with Crippen LogP contribution < -0.4 is 5.32 Å². The summed E-state index contributed by atoms with van der Waals surface area (Å²) < 4.78 is 5.60. The van der Waals surface area contributed by atoms with Gasteiger partial charge in [0, 0.05) is 22.5 Å². The zero-order valence-electron chi connectivity index (χ0n) is 12.0. The molecule has 1 N–H and O–H groups in total. The van der Waals surface area contributed by atoms with Crippen LogP contribution in [-0.2, 0) is 6.54 Å². The van der Waals surface area contributed by atoms with Crippen LogP contribution in [0, 0.1) is 11.3 Å². The zero-order valence-corrected chi connectivity index (χ0v) is 13.6. The highest BCUT2D eigenvalue weighted by molar-refractivity contribution is 7.10. The summed E-state index contributed by atoms with van der Waals surface area (Å²) in [5.74, 6) is 0.766. The molecule has 3 aromatic rings. The van der Waals surface area contributed by atoms with Crippen LogP contribution in [0.2, 0.25) is 5.02 Å². The average molecular weight is 342 g/mol. The van der Waals surface area contributed by atoms with Gasteiger partial charge in [-0.2, -0.15) is 10.2 Å². The number of oxazole rings is 1. The van der Waals surface area contributed by atoms with Crippen LogP contribution in [0.1, 0.15) is 22.0 Å². The molecule has 0 bridgehead atoms. The van der Waals surface area contributed by atoms with Gasteiger partial charge in [0.1, 0.15) is 6.07 Å². The summed E-state index contributed by atoms with van der Waals surface area (Å²) in [4.78, 5) is 5.26. The summed E-state index contributed by atoms with van der Waals surface area (Å²) in [5.41, 5.74) is 1.27. The van der Waals surface area contributed by atoms with E-state index in [1.54, 1.807) is 17.4 Å². The molecule has 114 valence electrons. The first-order valence-electron chi connectivity index (χ1n) is 6.85. The lowest BCUT2D eigenvalue weighted by atomic mass is 10.2. The van der Waals surface area contributed by atoms with Gasteiger partial charge in [-0.05, 0) is 35.2 Å². The Morgan fingerprint density at radius 2 is 2.09 bits per heavy atom. The molecule has 0 radical (unpaired) electrons. The lowest BCUT2D eigenvalue weighted by Crippen LogP contribution is -1.99. The number of hydrogen-bond donors (Lipinski definition) is 1. The summed E-state index contributed by atoms with van der Waals surface area (Å²) in [7, 11) is 0. The number of halogens is 1. The van der Waals surface area contributed by atoms with Crippen LogP contribution in [0.15, 0.2) is 46.2 Å². The summed E-state index contributed by atoms with van der Waals surface area (Å²) >= 11 is 7.48. The highest BCUT2D eigenvalue weighted by Gasteiger charge is 2.11. The van der Waals surface area contributed by atoms with Crippen molar-refractivity contribution in [3.05, 3.63) is 68.8 Å². The molecular weight excluding hydrogens is 330 g/mol. The molecule has 0 unspecified atom stereocenters. The van der Waals surface area contributed by atoms with Crippen LogP contribution in [0.5, 0.6) is 0 Å². The molecular formula is C17H12ClN3OS. The number of rotatable bonds is 5. The molecule has 0 spiro atoms. The molecule has 0 saturated heterocycles. The number of benzene rings is 1. The van der Waals surface area contributed by atoms with E-state index in [-0.39, 0.29) is 5.69 Å². The minimum Gasteiger partial charge on any atom is -0.420 e. The van der Waals surface area contributed by atoms with Crippen molar-refractivity contribution >= 4 is 41.0 Å². The van der Waals surface area contributed by atoms with Crippen LogP contribution in [0.4, 0.5) is 5.88 Å². The third-order valence-corrected chi connectivity index (χ3v) is 4.14. The lowest BCUT2D eigenvalue weighted by molar-refractivity contribution is 0.557. The van der Waals surface area contributed by atoms with Gasteiger partial charge < -0.3 is 9.73 Å². The Morgan fingerprint density at radius 1 is 1.26 bits per heavy atom. The van der Waals surface area contributed by atoms with E-state index in [9.17, 15) is 0 Å². The number of anilines is 1. The molecule has 1 aromatic carbocycles. The molecule has 2 aromatic heterocycles. The van der Waals surface area contributed by atoms with Gasteiger partial charge >= 0.3 is 0 Å². The smallest absolute Gasteiger partial charge is 0.232 e. The fraction of sp³-hybridized carbons (Fsp3) is 0.0588. The van der Waals surface area contributed by atoms with Crippen molar-refractivity contribution in [3.63, 3.8) is 0 Å². The first-order valence-corrected chi connectivity index (χ1v) is 8.11. The minimum absolute atomic E-state index is 0.241.